The number of anilines is 1. The number of nitrogens with zero attached hydrogens (tertiary/aromatic N) is 2. The van der Waals surface area contributed by atoms with Crippen molar-refractivity contribution in [1.29, 1.82) is 0 Å². The zero-order chi connectivity index (χ0) is 22.0. The molecule has 4 rings (SSSR count). The summed E-state index contributed by atoms with van der Waals surface area (Å²) >= 11 is 0. The quantitative estimate of drug-likeness (QED) is 0.665. The average molecular weight is 443 g/mol. The normalized spacial score (nSPS) is 19.1. The average Bonchev–Trinajstić information content (AvgIpc) is 3.13. The molecule has 2 heterocycles. The summed E-state index contributed by atoms with van der Waals surface area (Å²) in [6, 6.07) is 13.4. The van der Waals surface area contributed by atoms with Crippen LogP contribution >= 0.6 is 0 Å². The third kappa shape index (κ3) is 4.36. The predicted molar refractivity (Wildman–Crippen MR) is 116 cm³/mol. The predicted octanol–water partition coefficient (Wildman–Crippen LogP) is 3.00. The van der Waals surface area contributed by atoms with Gasteiger partial charge in [-0.05, 0) is 62.1 Å². The lowest BCUT2D eigenvalue weighted by Crippen LogP contribution is -2.38. The van der Waals surface area contributed by atoms with Gasteiger partial charge in [-0.1, -0.05) is 24.6 Å². The van der Waals surface area contributed by atoms with Gasteiger partial charge in [0.15, 0.2) is 6.61 Å². The second kappa shape index (κ2) is 8.80. The number of esters is 1. The largest absolute Gasteiger partial charge is 0.452 e. The fourth-order valence-electron chi connectivity index (χ4n) is 4.24. The van der Waals surface area contributed by atoms with Crippen molar-refractivity contribution in [1.82, 2.24) is 4.31 Å². The van der Waals surface area contributed by atoms with Gasteiger partial charge in [-0.25, -0.2) is 13.2 Å². The Balaban J connectivity index is 1.39. The Morgan fingerprint density at radius 2 is 1.68 bits per heavy atom. The van der Waals surface area contributed by atoms with Crippen molar-refractivity contribution in [3.63, 3.8) is 0 Å². The molecule has 0 bridgehead atoms. The first-order valence-corrected chi connectivity index (χ1v) is 12.0. The van der Waals surface area contributed by atoms with Gasteiger partial charge in [0, 0.05) is 24.8 Å². The van der Waals surface area contributed by atoms with Gasteiger partial charge in [-0.15, -0.1) is 0 Å². The summed E-state index contributed by atoms with van der Waals surface area (Å²) in [4.78, 5) is 26.9. The summed E-state index contributed by atoms with van der Waals surface area (Å²) < 4.78 is 32.1. The Bertz CT molecular complexity index is 1080. The van der Waals surface area contributed by atoms with E-state index in [-0.39, 0.29) is 29.0 Å². The molecule has 1 fully saturated rings. The lowest BCUT2D eigenvalue weighted by Gasteiger charge is -2.25. The van der Waals surface area contributed by atoms with Crippen molar-refractivity contribution in [2.75, 3.05) is 24.6 Å². The van der Waals surface area contributed by atoms with Crippen molar-refractivity contribution in [3.8, 4) is 0 Å². The van der Waals surface area contributed by atoms with E-state index in [0.29, 0.717) is 13.1 Å². The van der Waals surface area contributed by atoms with Crippen LogP contribution in [0.1, 0.15) is 42.1 Å². The highest BCUT2D eigenvalue weighted by Crippen LogP contribution is 2.31. The van der Waals surface area contributed by atoms with Crippen LogP contribution in [-0.4, -0.2) is 50.3 Å². The number of amides is 1. The molecule has 2 aliphatic rings. The van der Waals surface area contributed by atoms with Crippen LogP contribution in [0.2, 0.25) is 0 Å². The smallest absolute Gasteiger partial charge is 0.338 e. The molecule has 0 radical (unpaired) electrons. The molecular weight excluding hydrogens is 416 g/mol. The zero-order valence-electron chi connectivity index (χ0n) is 17.5. The second-order valence-electron chi connectivity index (χ2n) is 8.01. The summed E-state index contributed by atoms with van der Waals surface area (Å²) in [7, 11) is -3.56. The zero-order valence-corrected chi connectivity index (χ0v) is 18.3. The molecule has 1 amide bonds. The van der Waals surface area contributed by atoms with E-state index >= 15 is 0 Å². The molecule has 0 aromatic heterocycles. The Labute approximate surface area is 182 Å². The molecule has 7 nitrogen and oxygen atoms in total. The minimum atomic E-state index is -3.56. The number of carbonyl (C=O) groups is 2. The lowest BCUT2D eigenvalue weighted by atomic mass is 10.1. The summed E-state index contributed by atoms with van der Waals surface area (Å²) in [5.41, 5.74) is 2.16. The molecule has 31 heavy (non-hydrogen) atoms. The van der Waals surface area contributed by atoms with E-state index in [0.717, 1.165) is 36.9 Å². The van der Waals surface area contributed by atoms with Gasteiger partial charge in [0.25, 0.3) is 5.91 Å². The van der Waals surface area contributed by atoms with E-state index in [1.54, 1.807) is 4.90 Å². The Kier molecular flexibility index (Phi) is 6.11. The molecule has 0 spiro atoms. The Morgan fingerprint density at radius 3 is 2.39 bits per heavy atom. The number of fused-ring (bicyclic) bond motifs is 1. The van der Waals surface area contributed by atoms with E-state index in [2.05, 4.69) is 0 Å². The first-order chi connectivity index (χ1) is 14.9. The molecular formula is C23H26N2O5S. The number of hydrogen-bond donors (Lipinski definition) is 0. The topological polar surface area (TPSA) is 84.0 Å². The number of ether oxygens (including phenoxy) is 1. The van der Waals surface area contributed by atoms with Gasteiger partial charge in [0.1, 0.15) is 0 Å². The molecule has 1 atom stereocenters. The van der Waals surface area contributed by atoms with Gasteiger partial charge < -0.3 is 9.64 Å². The molecule has 0 aliphatic carbocycles. The van der Waals surface area contributed by atoms with Crippen LogP contribution < -0.4 is 4.90 Å². The van der Waals surface area contributed by atoms with Crippen LogP contribution in [0.5, 0.6) is 0 Å². The van der Waals surface area contributed by atoms with Gasteiger partial charge in [-0.2, -0.15) is 4.31 Å². The molecule has 0 saturated carbocycles. The summed E-state index contributed by atoms with van der Waals surface area (Å²) in [6.45, 7) is 2.63. The minimum absolute atomic E-state index is 0.00267. The van der Waals surface area contributed by atoms with Crippen LogP contribution in [-0.2, 0) is 26.0 Å². The number of benzene rings is 2. The summed E-state index contributed by atoms with van der Waals surface area (Å²) in [5.74, 6) is -0.939. The highest BCUT2D eigenvalue weighted by molar-refractivity contribution is 7.89. The molecule has 2 aromatic rings. The Morgan fingerprint density at radius 1 is 1.00 bits per heavy atom. The fraction of sp³-hybridized carbons (Fsp3) is 0.391. The van der Waals surface area contributed by atoms with Crippen molar-refractivity contribution < 1.29 is 22.7 Å². The van der Waals surface area contributed by atoms with E-state index in [4.69, 9.17) is 4.74 Å². The maximum absolute atomic E-state index is 12.7. The van der Waals surface area contributed by atoms with Crippen molar-refractivity contribution >= 4 is 27.6 Å². The van der Waals surface area contributed by atoms with E-state index in [1.165, 1.54) is 28.6 Å². The molecule has 1 saturated heterocycles. The molecule has 2 aliphatic heterocycles. The van der Waals surface area contributed by atoms with E-state index in [9.17, 15) is 18.0 Å². The van der Waals surface area contributed by atoms with Crippen LogP contribution in [0.25, 0.3) is 0 Å². The Hall–Kier alpha value is -2.71. The molecule has 1 unspecified atom stereocenters. The molecule has 164 valence electrons. The maximum Gasteiger partial charge on any atom is 0.338 e. The van der Waals surface area contributed by atoms with E-state index in [1.807, 2.05) is 31.2 Å². The number of piperidine rings is 1. The third-order valence-corrected chi connectivity index (χ3v) is 7.76. The van der Waals surface area contributed by atoms with Crippen LogP contribution in [0.15, 0.2) is 53.4 Å². The van der Waals surface area contributed by atoms with Gasteiger partial charge in [0.05, 0.1) is 10.5 Å². The van der Waals surface area contributed by atoms with Crippen molar-refractivity contribution in [3.05, 3.63) is 59.7 Å². The SMILES string of the molecule is CC1Cc2ccccc2N1C(=O)COC(=O)c1ccc(S(=O)(=O)N2CCCCC2)cc1. The second-order valence-corrected chi connectivity index (χ2v) is 9.95. The first-order valence-electron chi connectivity index (χ1n) is 10.6. The van der Waals surface area contributed by atoms with Crippen LogP contribution in [0, 0.1) is 0 Å². The molecule has 2 aromatic carbocycles. The highest BCUT2D eigenvalue weighted by atomic mass is 32.2. The minimum Gasteiger partial charge on any atom is -0.452 e. The standard InChI is InChI=1S/C23H26N2O5S/c1-17-15-19-7-3-4-8-21(19)25(17)22(26)16-30-23(27)18-9-11-20(12-10-18)31(28,29)24-13-5-2-6-14-24/h3-4,7-12,17H,2,5-6,13-16H2,1H3. The van der Waals surface area contributed by atoms with Crippen LogP contribution in [0.4, 0.5) is 5.69 Å². The summed E-state index contributed by atoms with van der Waals surface area (Å²) in [6.07, 6.45) is 3.52. The third-order valence-electron chi connectivity index (χ3n) is 5.85. The van der Waals surface area contributed by atoms with Gasteiger partial charge in [0.2, 0.25) is 10.0 Å². The number of rotatable bonds is 5. The lowest BCUT2D eigenvalue weighted by molar-refractivity contribution is -0.122. The highest BCUT2D eigenvalue weighted by Gasteiger charge is 2.31. The summed E-state index contributed by atoms with van der Waals surface area (Å²) in [5, 5.41) is 0. The number of sulfonamides is 1. The maximum atomic E-state index is 12.7. The van der Waals surface area contributed by atoms with Gasteiger partial charge in [-0.3, -0.25) is 4.79 Å². The van der Waals surface area contributed by atoms with Crippen LogP contribution in [0.3, 0.4) is 0 Å². The fourth-order valence-corrected chi connectivity index (χ4v) is 5.76. The first kappa shape index (κ1) is 21.5. The monoisotopic (exact) mass is 442 g/mol. The number of hydrogen-bond acceptors (Lipinski definition) is 5. The molecule has 8 heteroatoms. The molecule has 0 N–H and O–H groups in total. The van der Waals surface area contributed by atoms with Gasteiger partial charge >= 0.3 is 5.97 Å². The van der Waals surface area contributed by atoms with Crippen molar-refractivity contribution in [2.45, 2.75) is 43.5 Å². The number of para-hydroxylation sites is 1. The number of carbonyl (C=O) groups excluding carboxylic acids is 2. The van der Waals surface area contributed by atoms with E-state index < -0.39 is 16.0 Å². The van der Waals surface area contributed by atoms with Crippen molar-refractivity contribution in [2.24, 2.45) is 0 Å².